The van der Waals surface area contributed by atoms with Crippen molar-refractivity contribution in [3.8, 4) is 0 Å². The van der Waals surface area contributed by atoms with Gasteiger partial charge in [-0.25, -0.2) is 13.2 Å². The number of ether oxygens (including phenoxy) is 1. The Kier molecular flexibility index (Phi) is 7.17. The molecule has 0 aromatic heterocycles. The van der Waals surface area contributed by atoms with Gasteiger partial charge in [0.15, 0.2) is 6.61 Å². The highest BCUT2D eigenvalue weighted by Gasteiger charge is 2.23. The van der Waals surface area contributed by atoms with Crippen LogP contribution in [0.5, 0.6) is 0 Å². The molecule has 0 heterocycles. The molecule has 0 fully saturated rings. The molecule has 28 heavy (non-hydrogen) atoms. The van der Waals surface area contributed by atoms with Crippen molar-refractivity contribution < 1.29 is 22.7 Å². The van der Waals surface area contributed by atoms with E-state index >= 15 is 0 Å². The third-order valence-electron chi connectivity index (χ3n) is 4.20. The molecule has 0 aliphatic heterocycles. The molecule has 1 atom stereocenters. The number of amides is 1. The first-order valence-corrected chi connectivity index (χ1v) is 10.3. The van der Waals surface area contributed by atoms with Crippen molar-refractivity contribution in [2.75, 3.05) is 18.0 Å². The van der Waals surface area contributed by atoms with Gasteiger partial charge in [0.05, 0.1) is 16.1 Å². The Morgan fingerprint density at radius 2 is 1.79 bits per heavy atom. The zero-order valence-corrected chi connectivity index (χ0v) is 16.9. The zero-order chi connectivity index (χ0) is 20.7. The number of hydrogen-bond acceptors (Lipinski definition) is 5. The lowest BCUT2D eigenvalue weighted by molar-refractivity contribution is -0.124. The van der Waals surface area contributed by atoms with Crippen molar-refractivity contribution in [3.05, 3.63) is 60.2 Å². The molecule has 2 rings (SSSR count). The number of nitrogens with one attached hydrogen (secondary N) is 1. The van der Waals surface area contributed by atoms with Crippen LogP contribution in [0.25, 0.3) is 0 Å². The molecule has 150 valence electrons. The number of rotatable bonds is 8. The number of sulfonamides is 1. The molecule has 0 aliphatic carbocycles. The normalized spacial score (nSPS) is 12.1. The van der Waals surface area contributed by atoms with Gasteiger partial charge in [0, 0.05) is 13.1 Å². The van der Waals surface area contributed by atoms with E-state index < -0.39 is 28.5 Å². The number of carbonyl (C=O) groups excluding carboxylic acids is 2. The van der Waals surface area contributed by atoms with Crippen molar-refractivity contribution in [2.45, 2.75) is 31.2 Å². The maximum Gasteiger partial charge on any atom is 0.338 e. The lowest BCUT2D eigenvalue weighted by Gasteiger charge is -2.19. The fourth-order valence-corrected chi connectivity index (χ4v) is 3.59. The molecule has 1 amide bonds. The fraction of sp³-hybridized carbons (Fsp3) is 0.300. The van der Waals surface area contributed by atoms with Crippen molar-refractivity contribution >= 4 is 27.6 Å². The quantitative estimate of drug-likeness (QED) is 0.683. The summed E-state index contributed by atoms with van der Waals surface area (Å²) in [4.78, 5) is 23.9. The van der Waals surface area contributed by atoms with E-state index in [1.54, 1.807) is 30.3 Å². The van der Waals surface area contributed by atoms with Crippen LogP contribution in [0.15, 0.2) is 59.5 Å². The molecular weight excluding hydrogens is 380 g/mol. The van der Waals surface area contributed by atoms with Crippen LogP contribution in [0.2, 0.25) is 0 Å². The van der Waals surface area contributed by atoms with Crippen LogP contribution in [0.1, 0.15) is 30.6 Å². The third-order valence-corrected chi connectivity index (χ3v) is 5.98. The highest BCUT2D eigenvalue weighted by molar-refractivity contribution is 7.92. The third kappa shape index (κ3) is 5.32. The van der Waals surface area contributed by atoms with Crippen LogP contribution in [-0.2, 0) is 19.6 Å². The molecule has 0 saturated heterocycles. The highest BCUT2D eigenvalue weighted by atomic mass is 32.2. The SMILES string of the molecule is CC[C@H](C)NC(=O)COC(=O)c1cccc(S(=O)(=O)N(C)c2ccccc2)c1. The van der Waals surface area contributed by atoms with Gasteiger partial charge >= 0.3 is 5.97 Å². The van der Waals surface area contributed by atoms with Gasteiger partial charge in [-0.3, -0.25) is 9.10 Å². The first kappa shape index (κ1) is 21.4. The van der Waals surface area contributed by atoms with Gasteiger partial charge in [-0.05, 0) is 43.7 Å². The van der Waals surface area contributed by atoms with Crippen molar-refractivity contribution in [1.82, 2.24) is 5.32 Å². The molecule has 8 heteroatoms. The van der Waals surface area contributed by atoms with E-state index in [1.807, 2.05) is 13.8 Å². The van der Waals surface area contributed by atoms with Crippen LogP contribution >= 0.6 is 0 Å². The number of nitrogens with zero attached hydrogens (tertiary/aromatic N) is 1. The largest absolute Gasteiger partial charge is 0.452 e. The monoisotopic (exact) mass is 404 g/mol. The van der Waals surface area contributed by atoms with Crippen LogP contribution in [0, 0.1) is 0 Å². The lowest BCUT2D eigenvalue weighted by atomic mass is 10.2. The molecule has 1 N–H and O–H groups in total. The molecule has 2 aromatic carbocycles. The average Bonchev–Trinajstić information content (AvgIpc) is 2.72. The van der Waals surface area contributed by atoms with Gasteiger partial charge in [-0.2, -0.15) is 0 Å². The van der Waals surface area contributed by atoms with E-state index in [9.17, 15) is 18.0 Å². The second-order valence-corrected chi connectivity index (χ2v) is 8.26. The molecule has 0 radical (unpaired) electrons. The minimum atomic E-state index is -3.85. The summed E-state index contributed by atoms with van der Waals surface area (Å²) >= 11 is 0. The van der Waals surface area contributed by atoms with Gasteiger partial charge in [-0.1, -0.05) is 31.2 Å². The molecule has 0 bridgehead atoms. The van der Waals surface area contributed by atoms with E-state index in [1.165, 1.54) is 31.3 Å². The van der Waals surface area contributed by atoms with Crippen LogP contribution in [-0.4, -0.2) is 40.0 Å². The Labute approximate surface area is 165 Å². The summed E-state index contributed by atoms with van der Waals surface area (Å²) in [5, 5.41) is 2.69. The Morgan fingerprint density at radius 1 is 1.11 bits per heavy atom. The molecule has 0 saturated carbocycles. The maximum atomic E-state index is 12.8. The molecule has 0 aliphatic rings. The number of benzene rings is 2. The second kappa shape index (κ2) is 9.36. The fourth-order valence-electron chi connectivity index (χ4n) is 2.35. The van der Waals surface area contributed by atoms with Crippen LogP contribution < -0.4 is 9.62 Å². The standard InChI is InChI=1S/C20H24N2O5S/c1-4-15(2)21-19(23)14-27-20(24)16-9-8-12-18(13-16)28(25,26)22(3)17-10-6-5-7-11-17/h5-13,15H,4,14H2,1-3H3,(H,21,23)/t15-/m0/s1. The molecular formula is C20H24N2O5S. The summed E-state index contributed by atoms with van der Waals surface area (Å²) in [5.74, 6) is -1.17. The number of para-hydroxylation sites is 1. The van der Waals surface area contributed by atoms with E-state index in [0.717, 1.165) is 10.7 Å². The highest BCUT2D eigenvalue weighted by Crippen LogP contribution is 2.22. The summed E-state index contributed by atoms with van der Waals surface area (Å²) in [6.45, 7) is 3.34. The minimum absolute atomic E-state index is 0.0202. The Bertz CT molecular complexity index is 929. The summed E-state index contributed by atoms with van der Waals surface area (Å²) in [6, 6.07) is 14.1. The van der Waals surface area contributed by atoms with Gasteiger partial charge in [0.25, 0.3) is 15.9 Å². The first-order valence-electron chi connectivity index (χ1n) is 8.86. The topological polar surface area (TPSA) is 92.8 Å². The smallest absolute Gasteiger partial charge is 0.338 e. The number of esters is 1. The lowest BCUT2D eigenvalue weighted by Crippen LogP contribution is -2.35. The number of carbonyl (C=O) groups is 2. The van der Waals surface area contributed by atoms with E-state index in [2.05, 4.69) is 5.32 Å². The summed E-state index contributed by atoms with van der Waals surface area (Å²) in [5.41, 5.74) is 0.552. The molecule has 7 nitrogen and oxygen atoms in total. The maximum absolute atomic E-state index is 12.8. The summed E-state index contributed by atoms with van der Waals surface area (Å²) < 4.78 is 31.8. The average molecular weight is 404 g/mol. The molecule has 0 unspecified atom stereocenters. The van der Waals surface area contributed by atoms with Crippen molar-refractivity contribution in [3.63, 3.8) is 0 Å². The Morgan fingerprint density at radius 3 is 2.43 bits per heavy atom. The predicted molar refractivity (Wildman–Crippen MR) is 107 cm³/mol. The first-order chi connectivity index (χ1) is 13.3. The van der Waals surface area contributed by atoms with E-state index in [0.29, 0.717) is 5.69 Å². The van der Waals surface area contributed by atoms with E-state index in [-0.39, 0.29) is 16.5 Å². The number of hydrogen-bond donors (Lipinski definition) is 1. The summed E-state index contributed by atoms with van der Waals surface area (Å²) in [7, 11) is -2.41. The summed E-state index contributed by atoms with van der Waals surface area (Å²) in [6.07, 6.45) is 0.758. The van der Waals surface area contributed by atoms with Crippen LogP contribution in [0.4, 0.5) is 5.69 Å². The van der Waals surface area contributed by atoms with Crippen molar-refractivity contribution in [1.29, 1.82) is 0 Å². The van der Waals surface area contributed by atoms with Crippen LogP contribution in [0.3, 0.4) is 0 Å². The van der Waals surface area contributed by atoms with E-state index in [4.69, 9.17) is 4.74 Å². The van der Waals surface area contributed by atoms with Gasteiger partial charge in [0.2, 0.25) is 0 Å². The predicted octanol–water partition coefficient (Wildman–Crippen LogP) is 2.58. The minimum Gasteiger partial charge on any atom is -0.452 e. The Hall–Kier alpha value is -2.87. The zero-order valence-electron chi connectivity index (χ0n) is 16.1. The van der Waals surface area contributed by atoms with Crippen molar-refractivity contribution in [2.24, 2.45) is 0 Å². The Balaban J connectivity index is 2.12. The molecule has 0 spiro atoms. The number of anilines is 1. The second-order valence-electron chi connectivity index (χ2n) is 6.29. The molecule has 2 aromatic rings. The van der Waals surface area contributed by atoms with Gasteiger partial charge in [-0.15, -0.1) is 0 Å². The van der Waals surface area contributed by atoms with Gasteiger partial charge < -0.3 is 10.1 Å². The van der Waals surface area contributed by atoms with Gasteiger partial charge in [0.1, 0.15) is 0 Å².